The van der Waals surface area contributed by atoms with Crippen LogP contribution in [0.15, 0.2) is 54.6 Å². The summed E-state index contributed by atoms with van der Waals surface area (Å²) in [6, 6.07) is 20.3. The van der Waals surface area contributed by atoms with Crippen LogP contribution in [0, 0.1) is 23.1 Å². The highest BCUT2D eigenvalue weighted by atomic mass is 19.1. The van der Waals surface area contributed by atoms with Gasteiger partial charge >= 0.3 is 0 Å². The molecule has 2 aromatic rings. The molecule has 3 heteroatoms. The van der Waals surface area contributed by atoms with E-state index in [0.717, 1.165) is 24.9 Å². The molecule has 0 aliphatic heterocycles. The molecule has 2 aromatic carbocycles. The molecule has 2 atom stereocenters. The Morgan fingerprint density at radius 2 is 1.57 bits per heavy atom. The van der Waals surface area contributed by atoms with E-state index in [1.807, 2.05) is 6.07 Å². The Hall–Kier alpha value is -2.18. The van der Waals surface area contributed by atoms with Crippen LogP contribution in [0.4, 0.5) is 4.39 Å². The molecule has 0 saturated carbocycles. The molecule has 2 nitrogen and oxygen atoms in total. The maximum Gasteiger partial charge on any atom is 0.123 e. The highest BCUT2D eigenvalue weighted by Crippen LogP contribution is 2.37. The van der Waals surface area contributed by atoms with Crippen molar-refractivity contribution < 1.29 is 4.39 Å². The van der Waals surface area contributed by atoms with Gasteiger partial charge in [0.05, 0.1) is 11.5 Å². The predicted octanol–water partition coefficient (Wildman–Crippen LogP) is 6.49. The fraction of sp³-hybridized carbons (Fsp3) is 0.480. The Bertz CT molecular complexity index is 761. The topological polar surface area (TPSA) is 27.0 Å². The third-order valence-corrected chi connectivity index (χ3v) is 5.97. The van der Waals surface area contributed by atoms with Crippen molar-refractivity contribution in [2.45, 2.75) is 65.0 Å². The normalized spacial score (nSPS) is 14.9. The van der Waals surface area contributed by atoms with Crippen molar-refractivity contribution in [3.8, 4) is 6.07 Å². The second-order valence-corrected chi connectivity index (χ2v) is 8.27. The number of nitrogens with zero attached hydrogens (tertiary/aromatic N) is 2. The number of rotatable bonds is 9. The molecule has 28 heavy (non-hydrogen) atoms. The second-order valence-electron chi connectivity index (χ2n) is 8.27. The molecular formula is C25H33FN2. The second kappa shape index (κ2) is 9.85. The smallest absolute Gasteiger partial charge is 0.123 e. The largest absolute Gasteiger partial charge is 0.294 e. The van der Waals surface area contributed by atoms with Gasteiger partial charge in [0, 0.05) is 12.1 Å². The van der Waals surface area contributed by atoms with Crippen LogP contribution in [-0.4, -0.2) is 17.5 Å². The highest BCUT2D eigenvalue weighted by Gasteiger charge is 2.36. The van der Waals surface area contributed by atoms with E-state index in [-0.39, 0.29) is 11.7 Å². The zero-order valence-corrected chi connectivity index (χ0v) is 17.8. The van der Waals surface area contributed by atoms with Gasteiger partial charge in [0.25, 0.3) is 0 Å². The summed E-state index contributed by atoms with van der Waals surface area (Å²) >= 11 is 0. The van der Waals surface area contributed by atoms with Crippen LogP contribution in [0.5, 0.6) is 0 Å². The minimum atomic E-state index is -0.591. The van der Waals surface area contributed by atoms with Crippen molar-refractivity contribution >= 4 is 0 Å². The fourth-order valence-corrected chi connectivity index (χ4v) is 4.13. The van der Waals surface area contributed by atoms with Crippen LogP contribution in [0.3, 0.4) is 0 Å². The molecule has 0 aromatic heterocycles. The van der Waals surface area contributed by atoms with Gasteiger partial charge in [0.15, 0.2) is 0 Å². The third-order valence-electron chi connectivity index (χ3n) is 5.97. The summed E-state index contributed by atoms with van der Waals surface area (Å²) < 4.78 is 13.4. The Labute approximate surface area is 170 Å². The van der Waals surface area contributed by atoms with Gasteiger partial charge in [0.1, 0.15) is 5.82 Å². The minimum absolute atomic E-state index is 0.155. The molecule has 0 bridgehead atoms. The quantitative estimate of drug-likeness (QED) is 0.497. The van der Waals surface area contributed by atoms with Crippen molar-refractivity contribution in [3.63, 3.8) is 0 Å². The van der Waals surface area contributed by atoms with Gasteiger partial charge in [-0.3, -0.25) is 4.90 Å². The summed E-state index contributed by atoms with van der Waals surface area (Å²) in [6.07, 6.45) is 1.68. The number of hydrogen-bond acceptors (Lipinski definition) is 2. The lowest BCUT2D eigenvalue weighted by atomic mass is 9.70. The fourth-order valence-electron chi connectivity index (χ4n) is 4.13. The standard InChI is InChI=1S/C25H33FN2/c1-19(2)25(18-27,23-12-14-24(26)15-13-23)16-9-17-28(20(3)4)21(5)22-10-7-6-8-11-22/h6-8,10-15,19-21H,9,16-17H2,1-5H3. The molecular weight excluding hydrogens is 347 g/mol. The van der Waals surface area contributed by atoms with E-state index < -0.39 is 5.41 Å². The molecule has 0 aliphatic carbocycles. The SMILES string of the molecule is CC(C)N(CCCC(C#N)(c1ccc(F)cc1)C(C)C)C(C)c1ccccc1. The molecule has 0 aliphatic rings. The van der Waals surface area contributed by atoms with E-state index in [4.69, 9.17) is 0 Å². The van der Waals surface area contributed by atoms with E-state index in [2.05, 4.69) is 69.9 Å². The first-order valence-corrected chi connectivity index (χ1v) is 10.3. The maximum absolute atomic E-state index is 13.4. The van der Waals surface area contributed by atoms with Crippen molar-refractivity contribution in [2.75, 3.05) is 6.54 Å². The van der Waals surface area contributed by atoms with E-state index in [1.54, 1.807) is 12.1 Å². The van der Waals surface area contributed by atoms with Crippen LogP contribution in [0.25, 0.3) is 0 Å². The lowest BCUT2D eigenvalue weighted by Gasteiger charge is -2.36. The molecule has 0 heterocycles. The highest BCUT2D eigenvalue weighted by molar-refractivity contribution is 5.33. The number of benzene rings is 2. The van der Waals surface area contributed by atoms with Gasteiger partial charge in [-0.15, -0.1) is 0 Å². The third kappa shape index (κ3) is 5.00. The van der Waals surface area contributed by atoms with Crippen molar-refractivity contribution in [1.82, 2.24) is 4.90 Å². The first kappa shape index (κ1) is 22.1. The molecule has 150 valence electrons. The monoisotopic (exact) mass is 380 g/mol. The molecule has 0 spiro atoms. The predicted molar refractivity (Wildman–Crippen MR) is 114 cm³/mol. The van der Waals surface area contributed by atoms with Gasteiger partial charge in [0.2, 0.25) is 0 Å². The molecule has 2 unspecified atom stereocenters. The van der Waals surface area contributed by atoms with Gasteiger partial charge in [-0.25, -0.2) is 4.39 Å². The molecule has 0 radical (unpaired) electrons. The zero-order chi connectivity index (χ0) is 20.7. The van der Waals surface area contributed by atoms with Gasteiger partial charge in [-0.2, -0.15) is 5.26 Å². The Kier molecular flexibility index (Phi) is 7.78. The first-order chi connectivity index (χ1) is 13.3. The first-order valence-electron chi connectivity index (χ1n) is 10.3. The van der Waals surface area contributed by atoms with Crippen LogP contribution < -0.4 is 0 Å². The molecule has 0 fully saturated rings. The van der Waals surface area contributed by atoms with E-state index in [9.17, 15) is 9.65 Å². The number of halogens is 1. The lowest BCUT2D eigenvalue weighted by molar-refractivity contribution is 0.156. The van der Waals surface area contributed by atoms with Crippen LogP contribution >= 0.6 is 0 Å². The molecule has 0 N–H and O–H groups in total. The summed E-state index contributed by atoms with van der Waals surface area (Å²) in [6.45, 7) is 11.8. The Balaban J connectivity index is 2.15. The summed E-state index contributed by atoms with van der Waals surface area (Å²) in [5, 5.41) is 10.1. The maximum atomic E-state index is 13.4. The number of hydrogen-bond donors (Lipinski definition) is 0. The summed E-state index contributed by atoms with van der Waals surface area (Å²) in [7, 11) is 0. The van der Waals surface area contributed by atoms with Crippen LogP contribution in [0.1, 0.15) is 64.6 Å². The van der Waals surface area contributed by atoms with Crippen molar-refractivity contribution in [2.24, 2.45) is 5.92 Å². The summed E-state index contributed by atoms with van der Waals surface area (Å²) in [5.41, 5.74) is 1.63. The Morgan fingerprint density at radius 3 is 2.07 bits per heavy atom. The number of nitriles is 1. The van der Waals surface area contributed by atoms with E-state index >= 15 is 0 Å². The molecule has 0 saturated heterocycles. The molecule has 0 amide bonds. The van der Waals surface area contributed by atoms with E-state index in [1.165, 1.54) is 17.7 Å². The van der Waals surface area contributed by atoms with Crippen LogP contribution in [-0.2, 0) is 5.41 Å². The lowest BCUT2D eigenvalue weighted by Crippen LogP contribution is -2.36. The summed E-state index contributed by atoms with van der Waals surface area (Å²) in [4.78, 5) is 2.49. The van der Waals surface area contributed by atoms with Gasteiger partial charge < -0.3 is 0 Å². The van der Waals surface area contributed by atoms with Crippen molar-refractivity contribution in [1.29, 1.82) is 5.26 Å². The summed E-state index contributed by atoms with van der Waals surface area (Å²) in [5.74, 6) is -0.107. The molecule has 2 rings (SSSR count). The Morgan fingerprint density at radius 1 is 0.964 bits per heavy atom. The van der Waals surface area contributed by atoms with Gasteiger partial charge in [-0.05, 0) is 69.3 Å². The minimum Gasteiger partial charge on any atom is -0.294 e. The van der Waals surface area contributed by atoms with Gasteiger partial charge in [-0.1, -0.05) is 56.3 Å². The van der Waals surface area contributed by atoms with Crippen LogP contribution in [0.2, 0.25) is 0 Å². The average molecular weight is 381 g/mol. The zero-order valence-electron chi connectivity index (χ0n) is 17.8. The van der Waals surface area contributed by atoms with E-state index in [0.29, 0.717) is 12.1 Å². The van der Waals surface area contributed by atoms with Crippen molar-refractivity contribution in [3.05, 3.63) is 71.5 Å². The average Bonchev–Trinajstić information content (AvgIpc) is 2.69.